The Hall–Kier alpha value is -0.170. The van der Waals surface area contributed by atoms with E-state index in [1.165, 1.54) is 0 Å². The summed E-state index contributed by atoms with van der Waals surface area (Å²) >= 11 is 0. The van der Waals surface area contributed by atoms with Crippen LogP contribution >= 0.6 is 0 Å². The highest BCUT2D eigenvalue weighted by molar-refractivity contribution is 7.86. The van der Waals surface area contributed by atoms with Gasteiger partial charge in [-0.2, -0.15) is 17.0 Å². The van der Waals surface area contributed by atoms with Crippen LogP contribution in [0.4, 0.5) is 0 Å². The van der Waals surface area contributed by atoms with Crippen LogP contribution in [0.25, 0.3) is 0 Å². The number of nitrogens with zero attached hydrogens (tertiary/aromatic N) is 2. The SMILES string of the molecule is CC1CCN(S(=O)(=O)N2CC3CNCC3C2)CC1. The maximum atomic E-state index is 12.6. The maximum absolute atomic E-state index is 12.6. The zero-order chi connectivity index (χ0) is 12.8. The van der Waals surface area contributed by atoms with E-state index in [0.29, 0.717) is 43.9 Å². The van der Waals surface area contributed by atoms with Crippen LogP contribution < -0.4 is 5.32 Å². The predicted octanol–water partition coefficient (Wildman–Crippen LogP) is 0.114. The minimum Gasteiger partial charge on any atom is -0.316 e. The third-order valence-electron chi connectivity index (χ3n) is 4.75. The Kier molecular flexibility index (Phi) is 3.38. The zero-order valence-electron chi connectivity index (χ0n) is 11.0. The van der Waals surface area contributed by atoms with Crippen molar-refractivity contribution in [2.75, 3.05) is 39.3 Å². The van der Waals surface area contributed by atoms with Gasteiger partial charge in [0.05, 0.1) is 0 Å². The number of nitrogens with one attached hydrogen (secondary N) is 1. The molecule has 0 saturated carbocycles. The summed E-state index contributed by atoms with van der Waals surface area (Å²) in [5, 5.41) is 3.35. The van der Waals surface area contributed by atoms with Crippen molar-refractivity contribution in [1.29, 1.82) is 0 Å². The van der Waals surface area contributed by atoms with Gasteiger partial charge in [0.1, 0.15) is 0 Å². The lowest BCUT2D eigenvalue weighted by atomic mass is 10.0. The van der Waals surface area contributed by atoms with Crippen LogP contribution in [0.1, 0.15) is 19.8 Å². The predicted molar refractivity (Wildman–Crippen MR) is 70.3 cm³/mol. The van der Waals surface area contributed by atoms with Crippen molar-refractivity contribution in [2.45, 2.75) is 19.8 Å². The van der Waals surface area contributed by atoms with Gasteiger partial charge in [0.25, 0.3) is 10.2 Å². The molecule has 0 aliphatic carbocycles. The molecule has 0 amide bonds. The Morgan fingerprint density at radius 2 is 1.56 bits per heavy atom. The van der Waals surface area contributed by atoms with Gasteiger partial charge in [-0.3, -0.25) is 0 Å². The molecule has 3 heterocycles. The number of hydrogen-bond donors (Lipinski definition) is 1. The minimum atomic E-state index is -3.19. The van der Waals surface area contributed by atoms with Crippen LogP contribution in [-0.2, 0) is 10.2 Å². The summed E-state index contributed by atoms with van der Waals surface area (Å²) in [4.78, 5) is 0. The van der Waals surface area contributed by atoms with Crippen LogP contribution in [0.2, 0.25) is 0 Å². The number of rotatable bonds is 2. The third-order valence-corrected chi connectivity index (χ3v) is 6.72. The second-order valence-corrected chi connectivity index (χ2v) is 8.01. The highest BCUT2D eigenvalue weighted by Crippen LogP contribution is 2.30. The molecule has 2 atom stereocenters. The third kappa shape index (κ3) is 2.19. The lowest BCUT2D eigenvalue weighted by Crippen LogP contribution is -2.46. The van der Waals surface area contributed by atoms with Gasteiger partial charge in [-0.15, -0.1) is 0 Å². The van der Waals surface area contributed by atoms with Crippen LogP contribution in [-0.4, -0.2) is 56.3 Å². The lowest BCUT2D eigenvalue weighted by Gasteiger charge is -2.32. The molecule has 2 unspecified atom stereocenters. The van der Waals surface area contributed by atoms with Crippen LogP contribution in [0, 0.1) is 17.8 Å². The van der Waals surface area contributed by atoms with Crippen molar-refractivity contribution < 1.29 is 8.42 Å². The number of piperidine rings is 1. The van der Waals surface area contributed by atoms with Gasteiger partial charge in [0.15, 0.2) is 0 Å². The van der Waals surface area contributed by atoms with E-state index in [4.69, 9.17) is 0 Å². The Morgan fingerprint density at radius 3 is 2.11 bits per heavy atom. The summed E-state index contributed by atoms with van der Waals surface area (Å²) < 4.78 is 28.5. The van der Waals surface area contributed by atoms with E-state index in [-0.39, 0.29) is 0 Å². The van der Waals surface area contributed by atoms with E-state index in [1.54, 1.807) is 8.61 Å². The molecule has 5 nitrogen and oxygen atoms in total. The average molecular weight is 273 g/mol. The molecule has 6 heteroatoms. The first-order valence-electron chi connectivity index (χ1n) is 7.03. The molecule has 0 aromatic carbocycles. The van der Waals surface area contributed by atoms with Crippen LogP contribution in [0.3, 0.4) is 0 Å². The maximum Gasteiger partial charge on any atom is 0.281 e. The molecular formula is C12H23N3O2S. The molecule has 0 aromatic heterocycles. The molecule has 1 N–H and O–H groups in total. The summed E-state index contributed by atoms with van der Waals surface area (Å²) in [7, 11) is -3.19. The summed E-state index contributed by atoms with van der Waals surface area (Å²) in [5.41, 5.74) is 0. The standard InChI is InChI=1S/C12H23N3O2S/c1-10-2-4-14(5-3-10)18(16,17)15-8-11-6-13-7-12(11)9-15/h10-13H,2-9H2,1H3. The van der Waals surface area contributed by atoms with Crippen molar-refractivity contribution in [2.24, 2.45) is 17.8 Å². The Morgan fingerprint density at radius 1 is 1.00 bits per heavy atom. The molecule has 104 valence electrons. The highest BCUT2D eigenvalue weighted by atomic mass is 32.2. The molecule has 0 bridgehead atoms. The minimum absolute atomic E-state index is 0.531. The summed E-state index contributed by atoms with van der Waals surface area (Å²) in [5.74, 6) is 1.73. The van der Waals surface area contributed by atoms with E-state index in [9.17, 15) is 8.42 Å². The fraction of sp³-hybridized carbons (Fsp3) is 1.00. The normalized spacial score (nSPS) is 36.1. The summed E-state index contributed by atoms with van der Waals surface area (Å²) in [6.45, 7) is 7.00. The van der Waals surface area contributed by atoms with Gasteiger partial charge in [-0.25, -0.2) is 0 Å². The molecule has 3 aliphatic heterocycles. The number of fused-ring (bicyclic) bond motifs is 1. The van der Waals surface area contributed by atoms with Crippen molar-refractivity contribution in [3.8, 4) is 0 Å². The second kappa shape index (κ2) is 4.74. The van der Waals surface area contributed by atoms with E-state index >= 15 is 0 Å². The first-order valence-corrected chi connectivity index (χ1v) is 8.43. The van der Waals surface area contributed by atoms with E-state index in [2.05, 4.69) is 12.2 Å². The van der Waals surface area contributed by atoms with Crippen molar-refractivity contribution >= 4 is 10.2 Å². The van der Waals surface area contributed by atoms with Gasteiger partial charge < -0.3 is 5.32 Å². The largest absolute Gasteiger partial charge is 0.316 e. The molecular weight excluding hydrogens is 250 g/mol. The Labute approximate surface area is 110 Å². The average Bonchev–Trinajstić information content (AvgIpc) is 2.89. The molecule has 3 aliphatic rings. The topological polar surface area (TPSA) is 52.7 Å². The smallest absolute Gasteiger partial charge is 0.281 e. The number of hydrogen-bond acceptors (Lipinski definition) is 3. The molecule has 3 fully saturated rings. The monoisotopic (exact) mass is 273 g/mol. The molecule has 0 radical (unpaired) electrons. The fourth-order valence-corrected chi connectivity index (χ4v) is 5.14. The lowest BCUT2D eigenvalue weighted by molar-refractivity contribution is 0.268. The van der Waals surface area contributed by atoms with E-state index < -0.39 is 10.2 Å². The van der Waals surface area contributed by atoms with Gasteiger partial charge in [0.2, 0.25) is 0 Å². The van der Waals surface area contributed by atoms with E-state index in [0.717, 1.165) is 25.9 Å². The van der Waals surface area contributed by atoms with Gasteiger partial charge in [-0.05, 0) is 43.7 Å². The zero-order valence-corrected chi connectivity index (χ0v) is 11.8. The van der Waals surface area contributed by atoms with Gasteiger partial charge in [0, 0.05) is 26.2 Å². The van der Waals surface area contributed by atoms with E-state index in [1.807, 2.05) is 0 Å². The van der Waals surface area contributed by atoms with Crippen LogP contribution in [0.5, 0.6) is 0 Å². The van der Waals surface area contributed by atoms with Crippen LogP contribution in [0.15, 0.2) is 0 Å². The summed E-state index contributed by atoms with van der Waals surface area (Å²) in [6.07, 6.45) is 2.00. The first kappa shape index (κ1) is 12.8. The molecule has 3 saturated heterocycles. The molecule has 3 rings (SSSR count). The fourth-order valence-electron chi connectivity index (χ4n) is 3.38. The second-order valence-electron chi connectivity index (χ2n) is 6.08. The van der Waals surface area contributed by atoms with Crippen molar-refractivity contribution in [3.05, 3.63) is 0 Å². The van der Waals surface area contributed by atoms with Crippen molar-refractivity contribution in [3.63, 3.8) is 0 Å². The highest BCUT2D eigenvalue weighted by Gasteiger charge is 2.43. The van der Waals surface area contributed by atoms with Gasteiger partial charge >= 0.3 is 0 Å². The quantitative estimate of drug-likeness (QED) is 0.777. The summed E-state index contributed by atoms with van der Waals surface area (Å²) in [6, 6.07) is 0. The first-order chi connectivity index (χ1) is 8.57. The molecule has 0 spiro atoms. The Bertz CT molecular complexity index is 392. The molecule has 18 heavy (non-hydrogen) atoms. The van der Waals surface area contributed by atoms with Gasteiger partial charge in [-0.1, -0.05) is 6.92 Å². The van der Waals surface area contributed by atoms with Crippen molar-refractivity contribution in [1.82, 2.24) is 13.9 Å². The molecule has 0 aromatic rings. The Balaban J connectivity index is 1.67.